The van der Waals surface area contributed by atoms with Crippen molar-refractivity contribution in [1.29, 1.82) is 0 Å². The van der Waals surface area contributed by atoms with E-state index in [1.807, 2.05) is 18.2 Å². The number of aromatic nitrogens is 4. The summed E-state index contributed by atoms with van der Waals surface area (Å²) < 4.78 is 4.72. The Balaban J connectivity index is 1.68. The fraction of sp³-hybridized carbons (Fsp3) is 0. The fourth-order valence-electron chi connectivity index (χ4n) is 6.18. The molecule has 0 saturated heterocycles. The third kappa shape index (κ3) is 2.11. The van der Waals surface area contributed by atoms with Gasteiger partial charge in [-0.25, -0.2) is 9.97 Å². The standard InChI is InChI=1S/C32H18N4/c1-2-10-19(11-3-1)35-26-16-8-4-12-20(26)22-18-23-21-13-5-9-17-27(21)36-31(23)28(30(22)35)29-32(36)34-25-15-7-6-14-24(25)33-29/h1-18H. The van der Waals surface area contributed by atoms with E-state index in [0.29, 0.717) is 0 Å². The number of rotatable bonds is 1. The Morgan fingerprint density at radius 1 is 0.500 bits per heavy atom. The first-order valence-electron chi connectivity index (χ1n) is 12.2. The minimum Gasteiger partial charge on any atom is -0.308 e. The lowest BCUT2D eigenvalue weighted by Crippen LogP contribution is -1.94. The maximum absolute atomic E-state index is 5.23. The summed E-state index contributed by atoms with van der Waals surface area (Å²) in [7, 11) is 0. The third-order valence-electron chi connectivity index (χ3n) is 7.61. The summed E-state index contributed by atoms with van der Waals surface area (Å²) >= 11 is 0. The molecule has 4 nitrogen and oxygen atoms in total. The van der Waals surface area contributed by atoms with E-state index < -0.39 is 0 Å². The Bertz CT molecular complexity index is 2310. The average Bonchev–Trinajstić information content (AvgIpc) is 3.56. The summed E-state index contributed by atoms with van der Waals surface area (Å²) in [6.07, 6.45) is 0. The van der Waals surface area contributed by atoms with Crippen LogP contribution in [0.1, 0.15) is 0 Å². The molecular formula is C32H18N4. The maximum Gasteiger partial charge on any atom is 0.165 e. The van der Waals surface area contributed by atoms with Gasteiger partial charge < -0.3 is 4.57 Å². The van der Waals surface area contributed by atoms with Crippen molar-refractivity contribution in [3.63, 3.8) is 0 Å². The highest BCUT2D eigenvalue weighted by atomic mass is 15.0. The zero-order valence-electron chi connectivity index (χ0n) is 19.2. The Labute approximate surface area is 205 Å². The zero-order valence-corrected chi connectivity index (χ0v) is 19.2. The van der Waals surface area contributed by atoms with Gasteiger partial charge >= 0.3 is 0 Å². The number of para-hydroxylation sites is 5. The van der Waals surface area contributed by atoms with E-state index in [1.165, 1.54) is 43.6 Å². The van der Waals surface area contributed by atoms with Gasteiger partial charge in [0.2, 0.25) is 0 Å². The molecule has 0 amide bonds. The van der Waals surface area contributed by atoms with Gasteiger partial charge in [0.25, 0.3) is 0 Å². The normalized spacial score (nSPS) is 12.4. The first kappa shape index (κ1) is 18.4. The van der Waals surface area contributed by atoms with Gasteiger partial charge in [-0.2, -0.15) is 0 Å². The van der Waals surface area contributed by atoms with E-state index >= 15 is 0 Å². The molecule has 0 aliphatic heterocycles. The summed E-state index contributed by atoms with van der Waals surface area (Å²) in [4.78, 5) is 10.4. The van der Waals surface area contributed by atoms with Crippen LogP contribution in [-0.4, -0.2) is 18.9 Å². The molecule has 4 heterocycles. The molecule has 5 aromatic carbocycles. The predicted molar refractivity (Wildman–Crippen MR) is 149 cm³/mol. The van der Waals surface area contributed by atoms with Gasteiger partial charge in [-0.3, -0.25) is 4.40 Å². The second kappa shape index (κ2) is 6.37. The molecule has 9 rings (SSSR count). The van der Waals surface area contributed by atoms with Gasteiger partial charge in [-0.15, -0.1) is 0 Å². The van der Waals surface area contributed by atoms with Gasteiger partial charge in [-0.05, 0) is 42.5 Å². The van der Waals surface area contributed by atoms with Gasteiger partial charge in [-0.1, -0.05) is 66.7 Å². The average molecular weight is 459 g/mol. The van der Waals surface area contributed by atoms with Crippen molar-refractivity contribution in [3.8, 4) is 5.69 Å². The van der Waals surface area contributed by atoms with Crippen molar-refractivity contribution in [1.82, 2.24) is 18.9 Å². The van der Waals surface area contributed by atoms with Crippen molar-refractivity contribution in [3.05, 3.63) is 109 Å². The molecule has 166 valence electrons. The molecule has 0 atom stereocenters. The molecule has 0 N–H and O–H groups in total. The molecular weight excluding hydrogens is 440 g/mol. The predicted octanol–water partition coefficient (Wildman–Crippen LogP) is 7.88. The van der Waals surface area contributed by atoms with Crippen molar-refractivity contribution in [2.75, 3.05) is 0 Å². The summed E-state index contributed by atoms with van der Waals surface area (Å²) in [5.41, 5.74) is 9.56. The Hall–Kier alpha value is -4.96. The van der Waals surface area contributed by atoms with Crippen LogP contribution < -0.4 is 0 Å². The first-order valence-corrected chi connectivity index (χ1v) is 12.2. The van der Waals surface area contributed by atoms with Crippen LogP contribution in [-0.2, 0) is 0 Å². The summed E-state index contributed by atoms with van der Waals surface area (Å²) in [5.74, 6) is 0. The Morgan fingerprint density at radius 3 is 1.92 bits per heavy atom. The van der Waals surface area contributed by atoms with Crippen LogP contribution >= 0.6 is 0 Å². The quantitative estimate of drug-likeness (QED) is 0.251. The highest BCUT2D eigenvalue weighted by Gasteiger charge is 2.25. The largest absolute Gasteiger partial charge is 0.308 e. The second-order valence-electron chi connectivity index (χ2n) is 9.47. The van der Waals surface area contributed by atoms with Gasteiger partial charge in [0.15, 0.2) is 5.65 Å². The number of benzene rings is 5. The Kier molecular flexibility index (Phi) is 3.25. The van der Waals surface area contributed by atoms with Crippen LogP contribution in [0.4, 0.5) is 0 Å². The lowest BCUT2D eigenvalue weighted by molar-refractivity contribution is 1.19. The van der Waals surface area contributed by atoms with Gasteiger partial charge in [0.05, 0.1) is 38.5 Å². The molecule has 0 radical (unpaired) electrons. The number of hydrogen-bond acceptors (Lipinski definition) is 2. The van der Waals surface area contributed by atoms with Crippen LogP contribution in [0.3, 0.4) is 0 Å². The maximum atomic E-state index is 5.23. The van der Waals surface area contributed by atoms with Crippen molar-refractivity contribution in [2.45, 2.75) is 0 Å². The van der Waals surface area contributed by atoms with Crippen molar-refractivity contribution >= 4 is 71.2 Å². The van der Waals surface area contributed by atoms with Crippen LogP contribution in [0.5, 0.6) is 0 Å². The molecule has 0 bridgehead atoms. The van der Waals surface area contributed by atoms with Gasteiger partial charge in [0, 0.05) is 27.2 Å². The summed E-state index contributed by atoms with van der Waals surface area (Å²) in [6, 6.07) is 38.5. The molecule has 36 heavy (non-hydrogen) atoms. The zero-order chi connectivity index (χ0) is 23.4. The highest BCUT2D eigenvalue weighted by molar-refractivity contribution is 6.33. The van der Waals surface area contributed by atoms with E-state index in [9.17, 15) is 0 Å². The summed E-state index contributed by atoms with van der Waals surface area (Å²) in [6.45, 7) is 0. The van der Waals surface area contributed by atoms with Crippen LogP contribution in [0.2, 0.25) is 0 Å². The summed E-state index contributed by atoms with van der Waals surface area (Å²) in [5, 5.41) is 6.13. The highest BCUT2D eigenvalue weighted by Crippen LogP contribution is 2.45. The Morgan fingerprint density at radius 2 is 1.11 bits per heavy atom. The van der Waals surface area contributed by atoms with Crippen LogP contribution in [0.25, 0.3) is 76.9 Å². The first-order chi connectivity index (χ1) is 17.9. The van der Waals surface area contributed by atoms with Crippen molar-refractivity contribution in [2.24, 2.45) is 0 Å². The van der Waals surface area contributed by atoms with Crippen LogP contribution in [0.15, 0.2) is 109 Å². The minimum absolute atomic E-state index is 0.910. The smallest absolute Gasteiger partial charge is 0.165 e. The topological polar surface area (TPSA) is 35.1 Å². The molecule has 0 fully saturated rings. The monoisotopic (exact) mass is 458 g/mol. The molecule has 0 unspecified atom stereocenters. The number of nitrogens with zero attached hydrogens (tertiary/aromatic N) is 4. The second-order valence-corrected chi connectivity index (χ2v) is 9.47. The van der Waals surface area contributed by atoms with E-state index in [1.54, 1.807) is 0 Å². The van der Waals surface area contributed by atoms with Gasteiger partial charge in [0.1, 0.15) is 5.52 Å². The molecule has 9 aromatic rings. The fourth-order valence-corrected chi connectivity index (χ4v) is 6.18. The molecule has 0 aliphatic carbocycles. The van der Waals surface area contributed by atoms with E-state index in [4.69, 9.17) is 9.97 Å². The lowest BCUT2D eigenvalue weighted by atomic mass is 10.0. The van der Waals surface area contributed by atoms with Crippen molar-refractivity contribution < 1.29 is 0 Å². The molecule has 0 spiro atoms. The lowest BCUT2D eigenvalue weighted by Gasteiger charge is -2.09. The number of fused-ring (bicyclic) bond motifs is 11. The van der Waals surface area contributed by atoms with Crippen LogP contribution in [0, 0.1) is 0 Å². The van der Waals surface area contributed by atoms with E-state index in [0.717, 1.165) is 33.3 Å². The molecule has 0 aliphatic rings. The molecule has 4 heteroatoms. The number of hydrogen-bond donors (Lipinski definition) is 0. The minimum atomic E-state index is 0.910. The molecule has 4 aromatic heterocycles. The van der Waals surface area contributed by atoms with E-state index in [-0.39, 0.29) is 0 Å². The molecule has 0 saturated carbocycles. The third-order valence-corrected chi connectivity index (χ3v) is 7.61. The SMILES string of the molecule is c1ccc(-n2c3ccccc3c3cc4c5ccccc5n5c6nc7ccccc7nc6c(c32)c45)cc1. The van der Waals surface area contributed by atoms with E-state index in [2.05, 4.69) is 100.0 Å².